The number of hydrogen-bond donors (Lipinski definition) is 2. The van der Waals surface area contributed by atoms with Gasteiger partial charge >= 0.3 is 5.97 Å². The lowest BCUT2D eigenvalue weighted by molar-refractivity contribution is -0.143. The van der Waals surface area contributed by atoms with E-state index in [9.17, 15) is 9.18 Å². The number of carbonyl (C=O) groups is 1. The van der Waals surface area contributed by atoms with E-state index in [2.05, 4.69) is 28.7 Å². The largest absolute Gasteiger partial charge is 0.479 e. The van der Waals surface area contributed by atoms with Gasteiger partial charge in [0.15, 0.2) is 6.17 Å². The van der Waals surface area contributed by atoms with Crippen LogP contribution in [0.3, 0.4) is 0 Å². The Balaban J connectivity index is 2.15. The van der Waals surface area contributed by atoms with E-state index < -0.39 is 17.5 Å². The fraction of sp³-hybridized carbons (Fsp3) is 0.273. The van der Waals surface area contributed by atoms with Crippen LogP contribution in [0.15, 0.2) is 66.5 Å². The van der Waals surface area contributed by atoms with Crippen LogP contribution >= 0.6 is 11.6 Å². The highest BCUT2D eigenvalue weighted by atomic mass is 35.5. The second-order valence-electron chi connectivity index (χ2n) is 6.12. The number of hydrogen-bond acceptors (Lipinski definition) is 4. The molecule has 29 heavy (non-hydrogen) atoms. The predicted octanol–water partition coefficient (Wildman–Crippen LogP) is 3.93. The lowest BCUT2D eigenvalue weighted by Gasteiger charge is -2.09. The summed E-state index contributed by atoms with van der Waals surface area (Å²) in [6, 6.07) is 8.12. The van der Waals surface area contributed by atoms with Crippen molar-refractivity contribution in [3.05, 3.63) is 72.6 Å². The van der Waals surface area contributed by atoms with Crippen molar-refractivity contribution in [2.24, 2.45) is 4.99 Å². The van der Waals surface area contributed by atoms with Gasteiger partial charge in [0.2, 0.25) is 0 Å². The number of allylic oxidation sites excluding steroid dienone is 3. The van der Waals surface area contributed by atoms with Crippen molar-refractivity contribution < 1.29 is 19.0 Å². The number of aliphatic imine (C=N–C) groups is 1. The lowest BCUT2D eigenvalue weighted by atomic mass is 9.97. The summed E-state index contributed by atoms with van der Waals surface area (Å²) in [6.07, 6.45) is 6.83. The fourth-order valence-electron chi connectivity index (χ4n) is 2.39. The SMILES string of the molecule is C=CCc1ccc(C2C#CC(Cl)/C=C/NC(OCCC(F)C(=O)O)=N/C=C/2)cc1. The summed E-state index contributed by atoms with van der Waals surface area (Å²) in [7, 11) is 0. The Labute approximate surface area is 174 Å². The van der Waals surface area contributed by atoms with E-state index in [1.54, 1.807) is 12.2 Å². The molecule has 1 aromatic carbocycles. The van der Waals surface area contributed by atoms with Gasteiger partial charge in [0, 0.05) is 18.8 Å². The number of carboxylic acid groups (broad SMARTS) is 1. The molecule has 1 aromatic rings. The number of nitrogens with one attached hydrogen (secondary N) is 1. The van der Waals surface area contributed by atoms with Gasteiger partial charge in [-0.2, -0.15) is 0 Å². The first-order valence-electron chi connectivity index (χ1n) is 9.02. The van der Waals surface area contributed by atoms with Gasteiger partial charge in [-0.1, -0.05) is 42.2 Å². The highest BCUT2D eigenvalue weighted by molar-refractivity contribution is 6.23. The van der Waals surface area contributed by atoms with Gasteiger partial charge in [0.1, 0.15) is 5.38 Å². The van der Waals surface area contributed by atoms with Crippen molar-refractivity contribution in [1.29, 1.82) is 0 Å². The molecule has 3 atom stereocenters. The van der Waals surface area contributed by atoms with Gasteiger partial charge in [-0.05, 0) is 29.7 Å². The van der Waals surface area contributed by atoms with Gasteiger partial charge in [0.25, 0.3) is 6.02 Å². The Morgan fingerprint density at radius 2 is 2.14 bits per heavy atom. The molecule has 0 bridgehead atoms. The third-order valence-electron chi connectivity index (χ3n) is 3.92. The minimum absolute atomic E-state index is 0.0981. The van der Waals surface area contributed by atoms with Crippen LogP contribution in [0.1, 0.15) is 23.5 Å². The number of ether oxygens (including phenoxy) is 1. The quantitative estimate of drug-likeness (QED) is 0.401. The van der Waals surface area contributed by atoms with Crippen LogP contribution in [-0.2, 0) is 16.0 Å². The molecule has 2 rings (SSSR count). The van der Waals surface area contributed by atoms with E-state index in [1.165, 1.54) is 12.4 Å². The van der Waals surface area contributed by atoms with Gasteiger partial charge in [0.05, 0.1) is 12.5 Å². The number of amidine groups is 1. The molecule has 1 aliphatic heterocycles. The van der Waals surface area contributed by atoms with Crippen molar-refractivity contribution in [1.82, 2.24) is 5.32 Å². The maximum atomic E-state index is 13.2. The van der Waals surface area contributed by atoms with E-state index >= 15 is 0 Å². The Morgan fingerprint density at radius 3 is 2.83 bits per heavy atom. The van der Waals surface area contributed by atoms with Crippen LogP contribution in [-0.4, -0.2) is 35.3 Å². The second kappa shape index (κ2) is 11.7. The van der Waals surface area contributed by atoms with Gasteiger partial charge in [-0.15, -0.1) is 18.2 Å². The first kappa shape index (κ1) is 22.3. The van der Waals surface area contributed by atoms with Crippen molar-refractivity contribution >= 4 is 23.6 Å². The highest BCUT2D eigenvalue weighted by Gasteiger charge is 2.15. The molecule has 0 amide bonds. The normalized spacial score (nSPS) is 21.8. The van der Waals surface area contributed by atoms with Gasteiger partial charge in [-0.3, -0.25) is 0 Å². The third kappa shape index (κ3) is 7.84. The summed E-state index contributed by atoms with van der Waals surface area (Å²) >= 11 is 6.19. The first-order chi connectivity index (χ1) is 14.0. The summed E-state index contributed by atoms with van der Waals surface area (Å²) in [5, 5.41) is 10.8. The van der Waals surface area contributed by atoms with Gasteiger partial charge < -0.3 is 15.2 Å². The summed E-state index contributed by atoms with van der Waals surface area (Å²) in [5.74, 6) is 4.35. The molecule has 0 radical (unpaired) electrons. The van der Waals surface area contributed by atoms with E-state index in [1.807, 2.05) is 30.3 Å². The first-order valence-corrected chi connectivity index (χ1v) is 9.45. The molecule has 152 valence electrons. The maximum Gasteiger partial charge on any atom is 0.338 e. The van der Waals surface area contributed by atoms with Crippen LogP contribution in [0.4, 0.5) is 4.39 Å². The van der Waals surface area contributed by atoms with E-state index in [-0.39, 0.29) is 25.0 Å². The number of alkyl halides is 2. The molecule has 1 aliphatic rings. The summed E-state index contributed by atoms with van der Waals surface area (Å²) in [5.41, 5.74) is 2.14. The Bertz CT molecular complexity index is 853. The van der Waals surface area contributed by atoms with Crippen LogP contribution in [0.2, 0.25) is 0 Å². The van der Waals surface area contributed by atoms with Crippen molar-refractivity contribution in [2.75, 3.05) is 6.61 Å². The van der Waals surface area contributed by atoms with E-state index in [0.29, 0.717) is 0 Å². The number of halogens is 2. The molecular formula is C22H22ClFN2O3. The predicted molar refractivity (Wildman–Crippen MR) is 112 cm³/mol. The topological polar surface area (TPSA) is 70.9 Å². The van der Waals surface area contributed by atoms with Crippen LogP contribution in [0.5, 0.6) is 0 Å². The molecule has 0 aromatic heterocycles. The number of carboxylic acids is 1. The molecule has 5 nitrogen and oxygen atoms in total. The summed E-state index contributed by atoms with van der Waals surface area (Å²) in [6.45, 7) is 3.59. The molecule has 3 unspecified atom stereocenters. The zero-order valence-electron chi connectivity index (χ0n) is 15.7. The monoisotopic (exact) mass is 416 g/mol. The Morgan fingerprint density at radius 1 is 1.38 bits per heavy atom. The fourth-order valence-corrected chi connectivity index (χ4v) is 2.52. The average Bonchev–Trinajstić information content (AvgIpc) is 2.74. The molecule has 0 saturated heterocycles. The molecule has 0 spiro atoms. The zero-order chi connectivity index (χ0) is 21.1. The Hall–Kier alpha value is -3.04. The average molecular weight is 417 g/mol. The second-order valence-corrected chi connectivity index (χ2v) is 6.59. The van der Waals surface area contributed by atoms with Gasteiger partial charge in [-0.25, -0.2) is 14.2 Å². The smallest absolute Gasteiger partial charge is 0.338 e. The van der Waals surface area contributed by atoms with Crippen molar-refractivity contribution in [3.8, 4) is 11.8 Å². The van der Waals surface area contributed by atoms with Crippen LogP contribution in [0, 0.1) is 11.8 Å². The molecule has 7 heteroatoms. The third-order valence-corrected chi connectivity index (χ3v) is 4.17. The number of rotatable bonds is 7. The van der Waals surface area contributed by atoms with E-state index in [0.717, 1.165) is 17.5 Å². The number of nitrogens with zero attached hydrogens (tertiary/aromatic N) is 1. The maximum absolute atomic E-state index is 13.2. The highest BCUT2D eigenvalue weighted by Crippen LogP contribution is 2.18. The Kier molecular flexibility index (Phi) is 9.00. The number of benzene rings is 1. The van der Waals surface area contributed by atoms with Crippen LogP contribution < -0.4 is 5.32 Å². The van der Waals surface area contributed by atoms with Crippen molar-refractivity contribution in [2.45, 2.75) is 30.3 Å². The number of aliphatic carboxylic acids is 1. The summed E-state index contributed by atoms with van der Waals surface area (Å²) < 4.78 is 18.5. The molecular weight excluding hydrogens is 395 g/mol. The molecule has 0 fully saturated rings. The zero-order valence-corrected chi connectivity index (χ0v) is 16.5. The molecule has 0 aliphatic carbocycles. The lowest BCUT2D eigenvalue weighted by Crippen LogP contribution is -2.24. The van der Waals surface area contributed by atoms with E-state index in [4.69, 9.17) is 21.4 Å². The van der Waals surface area contributed by atoms with Crippen LogP contribution in [0.25, 0.3) is 0 Å². The molecule has 0 saturated carbocycles. The molecule has 2 N–H and O–H groups in total. The molecule has 1 heterocycles. The standard InChI is InChI=1S/C22H22ClFN2O3/c1-2-3-16-4-6-17(7-5-16)18-8-9-19(23)11-14-26-22(25-13-10-18)29-15-12-20(24)21(27)28/h2,4-7,10-11,13-14,18-20H,1,3,12,15H2,(H,25,26)(H,27,28)/b13-10+,14-11+. The van der Waals surface area contributed by atoms with Crippen molar-refractivity contribution in [3.63, 3.8) is 0 Å². The summed E-state index contributed by atoms with van der Waals surface area (Å²) in [4.78, 5) is 14.7. The minimum atomic E-state index is -1.99. The minimum Gasteiger partial charge on any atom is -0.479 e.